The van der Waals surface area contributed by atoms with Crippen molar-refractivity contribution in [3.05, 3.63) is 35.4 Å². The normalized spacial score (nSPS) is 11.7. The molecule has 15 heavy (non-hydrogen) atoms. The first kappa shape index (κ1) is 11.8. The maximum absolute atomic E-state index is 3.33. The Morgan fingerprint density at radius 2 is 1.93 bits per heavy atom. The van der Waals surface area contributed by atoms with Crippen molar-refractivity contribution in [2.45, 2.75) is 32.7 Å². The lowest BCUT2D eigenvalue weighted by Gasteiger charge is -2.15. The molecule has 0 spiro atoms. The van der Waals surface area contributed by atoms with Crippen molar-refractivity contribution in [1.29, 1.82) is 0 Å². The van der Waals surface area contributed by atoms with Crippen molar-refractivity contribution < 1.29 is 0 Å². The van der Waals surface area contributed by atoms with E-state index in [1.165, 1.54) is 11.1 Å². The van der Waals surface area contributed by atoms with E-state index >= 15 is 0 Å². The fourth-order valence-corrected chi connectivity index (χ4v) is 1.62. The van der Waals surface area contributed by atoms with Crippen molar-refractivity contribution in [3.63, 3.8) is 0 Å². The number of benzene rings is 1. The lowest BCUT2D eigenvalue weighted by Crippen LogP contribution is -2.15. The first-order chi connectivity index (χ1) is 7.27. The topological polar surface area (TPSA) is 12.0 Å². The van der Waals surface area contributed by atoms with Crippen LogP contribution in [0.1, 0.15) is 36.9 Å². The first-order valence-corrected chi connectivity index (χ1v) is 5.41. The maximum atomic E-state index is 3.33. The van der Waals surface area contributed by atoms with Crippen LogP contribution >= 0.6 is 0 Å². The molecule has 0 saturated carbocycles. The summed E-state index contributed by atoms with van der Waals surface area (Å²) in [6.07, 6.45) is 2.02. The van der Waals surface area contributed by atoms with Gasteiger partial charge in [-0.1, -0.05) is 29.8 Å². The van der Waals surface area contributed by atoms with Crippen LogP contribution in [0.4, 0.5) is 0 Å². The summed E-state index contributed by atoms with van der Waals surface area (Å²) in [4.78, 5) is 0. The van der Waals surface area contributed by atoms with Gasteiger partial charge in [0.2, 0.25) is 0 Å². The van der Waals surface area contributed by atoms with E-state index < -0.39 is 0 Å². The molecule has 0 saturated heterocycles. The van der Waals surface area contributed by atoms with Gasteiger partial charge in [-0.2, -0.15) is 0 Å². The van der Waals surface area contributed by atoms with Crippen LogP contribution in [0, 0.1) is 18.8 Å². The zero-order chi connectivity index (χ0) is 11.1. The summed E-state index contributed by atoms with van der Waals surface area (Å²) in [6.45, 7) is 4.00. The Kier molecular flexibility index (Phi) is 4.93. The Bertz CT molecular complexity index is 340. The fourth-order valence-electron chi connectivity index (χ4n) is 1.62. The minimum Gasteiger partial charge on any atom is -0.313 e. The van der Waals surface area contributed by atoms with Gasteiger partial charge in [-0.3, -0.25) is 0 Å². The van der Waals surface area contributed by atoms with Crippen LogP contribution in [0.5, 0.6) is 0 Å². The molecule has 1 aromatic rings. The molecule has 1 N–H and O–H groups in total. The van der Waals surface area contributed by atoms with Crippen molar-refractivity contribution in [1.82, 2.24) is 5.32 Å². The molecule has 0 radical (unpaired) electrons. The predicted octanol–water partition coefficient (Wildman–Crippen LogP) is 3.06. The Morgan fingerprint density at radius 3 is 2.47 bits per heavy atom. The number of hydrogen-bond acceptors (Lipinski definition) is 1. The van der Waals surface area contributed by atoms with Crippen molar-refractivity contribution in [2.24, 2.45) is 0 Å². The monoisotopic (exact) mass is 201 g/mol. The summed E-state index contributed by atoms with van der Waals surface area (Å²) in [5.41, 5.74) is 2.66. The van der Waals surface area contributed by atoms with E-state index in [2.05, 4.69) is 48.3 Å². The number of nitrogens with one attached hydrogen (secondary N) is 1. The van der Waals surface area contributed by atoms with Gasteiger partial charge in [0.1, 0.15) is 0 Å². The first-order valence-electron chi connectivity index (χ1n) is 5.41. The van der Waals surface area contributed by atoms with Gasteiger partial charge < -0.3 is 5.32 Å². The Balaban J connectivity index is 2.64. The Morgan fingerprint density at radius 1 is 1.27 bits per heavy atom. The van der Waals surface area contributed by atoms with Crippen molar-refractivity contribution in [2.75, 3.05) is 7.05 Å². The van der Waals surface area contributed by atoms with E-state index in [9.17, 15) is 0 Å². The third-order valence-electron chi connectivity index (χ3n) is 2.56. The third-order valence-corrected chi connectivity index (χ3v) is 2.56. The van der Waals surface area contributed by atoms with Crippen molar-refractivity contribution >= 4 is 0 Å². The fraction of sp³-hybridized carbons (Fsp3) is 0.429. The molecule has 0 aliphatic heterocycles. The second-order valence-corrected chi connectivity index (χ2v) is 3.72. The molecular weight excluding hydrogens is 182 g/mol. The van der Waals surface area contributed by atoms with Crippen LogP contribution in [-0.2, 0) is 0 Å². The summed E-state index contributed by atoms with van der Waals surface area (Å²) >= 11 is 0. The number of rotatable bonds is 4. The molecule has 1 unspecified atom stereocenters. The van der Waals surface area contributed by atoms with Crippen LogP contribution in [0.15, 0.2) is 24.3 Å². The summed E-state index contributed by atoms with van der Waals surface area (Å²) in [7, 11) is 2.00. The van der Waals surface area contributed by atoms with E-state index in [0.29, 0.717) is 6.04 Å². The van der Waals surface area contributed by atoms with Crippen LogP contribution in [0.25, 0.3) is 0 Å². The van der Waals surface area contributed by atoms with Crippen LogP contribution < -0.4 is 5.32 Å². The molecule has 0 aromatic heterocycles. The van der Waals surface area contributed by atoms with Gasteiger partial charge in [-0.15, -0.1) is 11.8 Å². The maximum Gasteiger partial charge on any atom is 0.0326 e. The second kappa shape index (κ2) is 6.27. The van der Waals surface area contributed by atoms with Crippen LogP contribution in [0.2, 0.25) is 0 Å². The molecular formula is C14H19N. The third kappa shape index (κ3) is 3.77. The quantitative estimate of drug-likeness (QED) is 0.738. The summed E-state index contributed by atoms with van der Waals surface area (Å²) in [5, 5.41) is 3.33. The molecule has 0 bridgehead atoms. The summed E-state index contributed by atoms with van der Waals surface area (Å²) in [6, 6.07) is 9.12. The van der Waals surface area contributed by atoms with Gasteiger partial charge in [0.25, 0.3) is 0 Å². The van der Waals surface area contributed by atoms with Crippen LogP contribution in [-0.4, -0.2) is 7.05 Å². The predicted molar refractivity (Wildman–Crippen MR) is 65.7 cm³/mol. The highest BCUT2D eigenvalue weighted by atomic mass is 14.9. The van der Waals surface area contributed by atoms with Gasteiger partial charge in [-0.05, 0) is 32.9 Å². The Hall–Kier alpha value is -1.26. The summed E-state index contributed by atoms with van der Waals surface area (Å²) in [5.74, 6) is 6.03. The highest BCUT2D eigenvalue weighted by molar-refractivity contribution is 5.24. The van der Waals surface area contributed by atoms with E-state index in [0.717, 1.165) is 12.8 Å². The molecule has 0 amide bonds. The SMILES string of the molecule is CC#CCCC(NC)c1ccc(C)cc1. The van der Waals surface area contributed by atoms with Crippen molar-refractivity contribution in [3.8, 4) is 11.8 Å². The van der Waals surface area contributed by atoms with E-state index in [4.69, 9.17) is 0 Å². The minimum absolute atomic E-state index is 0.423. The van der Waals surface area contributed by atoms with Gasteiger partial charge >= 0.3 is 0 Å². The molecule has 0 aliphatic carbocycles. The molecule has 1 nitrogen and oxygen atoms in total. The lowest BCUT2D eigenvalue weighted by molar-refractivity contribution is 0.558. The zero-order valence-corrected chi connectivity index (χ0v) is 9.80. The molecule has 80 valence electrons. The zero-order valence-electron chi connectivity index (χ0n) is 9.80. The molecule has 1 aromatic carbocycles. The van der Waals surface area contributed by atoms with Gasteiger partial charge in [0, 0.05) is 12.5 Å². The van der Waals surface area contributed by atoms with Gasteiger partial charge in [-0.25, -0.2) is 0 Å². The largest absolute Gasteiger partial charge is 0.313 e. The molecule has 1 rings (SSSR count). The Labute approximate surface area is 92.9 Å². The average Bonchev–Trinajstić information content (AvgIpc) is 2.26. The van der Waals surface area contributed by atoms with E-state index in [1.54, 1.807) is 0 Å². The molecule has 0 aliphatic rings. The minimum atomic E-state index is 0.423. The van der Waals surface area contributed by atoms with Gasteiger partial charge in [0.05, 0.1) is 0 Å². The summed E-state index contributed by atoms with van der Waals surface area (Å²) < 4.78 is 0. The van der Waals surface area contributed by atoms with Gasteiger partial charge in [0.15, 0.2) is 0 Å². The smallest absolute Gasteiger partial charge is 0.0326 e. The highest BCUT2D eigenvalue weighted by Gasteiger charge is 2.06. The standard InChI is InChI=1S/C14H19N/c1-4-5-6-7-14(15-3)13-10-8-12(2)9-11-13/h8-11,14-15H,6-7H2,1-3H3. The van der Waals surface area contributed by atoms with Crippen LogP contribution in [0.3, 0.4) is 0 Å². The molecule has 1 heteroatoms. The van der Waals surface area contributed by atoms with E-state index in [1.807, 2.05) is 14.0 Å². The molecule has 1 atom stereocenters. The van der Waals surface area contributed by atoms with E-state index in [-0.39, 0.29) is 0 Å². The lowest BCUT2D eigenvalue weighted by atomic mass is 10.0. The number of aryl methyl sites for hydroxylation is 1. The number of hydrogen-bond donors (Lipinski definition) is 1. The average molecular weight is 201 g/mol. The highest BCUT2D eigenvalue weighted by Crippen LogP contribution is 2.18. The molecule has 0 fully saturated rings. The second-order valence-electron chi connectivity index (χ2n) is 3.72. The molecule has 0 heterocycles.